The van der Waals surface area contributed by atoms with Gasteiger partial charge in [-0.2, -0.15) is 5.26 Å². The van der Waals surface area contributed by atoms with Crippen LogP contribution in [0.2, 0.25) is 0 Å². The van der Waals surface area contributed by atoms with E-state index in [1.807, 2.05) is 67.8 Å². The van der Waals surface area contributed by atoms with Crippen LogP contribution in [0.25, 0.3) is 22.4 Å². The average molecular weight is 333 g/mol. The molecule has 0 spiro atoms. The van der Waals surface area contributed by atoms with Crippen LogP contribution in [-0.4, -0.2) is 16.2 Å². The van der Waals surface area contributed by atoms with Crippen LogP contribution in [0.3, 0.4) is 0 Å². The van der Waals surface area contributed by atoms with Crippen molar-refractivity contribution >= 4 is 11.8 Å². The van der Waals surface area contributed by atoms with Crippen molar-refractivity contribution in [1.82, 2.24) is 9.97 Å². The number of aromatic nitrogens is 2. The van der Waals surface area contributed by atoms with Gasteiger partial charge in [0.25, 0.3) is 5.56 Å². The van der Waals surface area contributed by atoms with Crippen LogP contribution >= 0.6 is 11.8 Å². The first kappa shape index (κ1) is 16.0. The summed E-state index contributed by atoms with van der Waals surface area (Å²) in [4.78, 5) is 19.3. The summed E-state index contributed by atoms with van der Waals surface area (Å²) in [6.45, 7) is 2.04. The molecule has 2 aromatic carbocycles. The van der Waals surface area contributed by atoms with E-state index in [-0.39, 0.29) is 5.56 Å². The molecule has 0 saturated carbocycles. The molecule has 0 atom stereocenters. The van der Waals surface area contributed by atoms with E-state index in [4.69, 9.17) is 0 Å². The summed E-state index contributed by atoms with van der Waals surface area (Å²) in [6.07, 6.45) is 1.83. The van der Waals surface area contributed by atoms with Crippen molar-refractivity contribution in [1.29, 1.82) is 5.26 Å². The van der Waals surface area contributed by atoms with Crippen LogP contribution in [0.15, 0.2) is 58.5 Å². The van der Waals surface area contributed by atoms with Crippen molar-refractivity contribution in [3.05, 3.63) is 70.0 Å². The summed E-state index contributed by atoms with van der Waals surface area (Å²) in [5.41, 5.74) is 3.97. The molecule has 0 amide bonds. The summed E-state index contributed by atoms with van der Waals surface area (Å²) in [5, 5.41) is 9.92. The van der Waals surface area contributed by atoms with Crippen molar-refractivity contribution in [3.8, 4) is 28.5 Å². The van der Waals surface area contributed by atoms with Crippen LogP contribution in [0.5, 0.6) is 0 Å². The second-order valence-electron chi connectivity index (χ2n) is 5.27. The lowest BCUT2D eigenvalue weighted by atomic mass is 9.93. The summed E-state index contributed by atoms with van der Waals surface area (Å²) in [6, 6.07) is 17.7. The molecule has 0 aliphatic heterocycles. The van der Waals surface area contributed by atoms with Gasteiger partial charge in [-0.15, -0.1) is 0 Å². The van der Waals surface area contributed by atoms with E-state index >= 15 is 0 Å². The lowest BCUT2D eigenvalue weighted by molar-refractivity contribution is 0.938. The Balaban J connectivity index is 2.34. The molecule has 24 heavy (non-hydrogen) atoms. The summed E-state index contributed by atoms with van der Waals surface area (Å²) in [7, 11) is 0. The predicted molar refractivity (Wildman–Crippen MR) is 97.0 cm³/mol. The minimum Gasteiger partial charge on any atom is -0.300 e. The normalized spacial score (nSPS) is 10.4. The maximum Gasteiger partial charge on any atom is 0.270 e. The zero-order valence-electron chi connectivity index (χ0n) is 13.3. The molecule has 3 aromatic rings. The standard InChI is InChI=1S/C19H15N3OS/c1-12-7-3-4-8-13(12)14-9-5-6-10-15(14)17-16(11-20)18(23)22-19(21-17)24-2/h3-10H,1-2H3,(H,21,22,23). The molecule has 4 nitrogen and oxygen atoms in total. The van der Waals surface area contributed by atoms with Crippen LogP contribution in [0, 0.1) is 18.3 Å². The average Bonchev–Trinajstić information content (AvgIpc) is 2.61. The highest BCUT2D eigenvalue weighted by Crippen LogP contribution is 2.33. The molecule has 1 N–H and O–H groups in total. The molecule has 1 aromatic heterocycles. The molecule has 3 rings (SSSR count). The molecule has 118 valence electrons. The number of nitrogens with one attached hydrogen (secondary N) is 1. The van der Waals surface area contributed by atoms with Crippen molar-refractivity contribution < 1.29 is 0 Å². The van der Waals surface area contributed by atoms with Gasteiger partial charge in [-0.3, -0.25) is 4.79 Å². The van der Waals surface area contributed by atoms with E-state index in [9.17, 15) is 10.1 Å². The third-order valence-corrected chi connectivity index (χ3v) is 4.40. The fourth-order valence-corrected chi connectivity index (χ4v) is 3.02. The Labute approximate surface area is 144 Å². The number of rotatable bonds is 3. The van der Waals surface area contributed by atoms with E-state index < -0.39 is 5.56 Å². The number of nitriles is 1. The SMILES string of the molecule is CSc1nc(-c2ccccc2-c2ccccc2C)c(C#N)c(=O)[nH]1. The molecule has 5 heteroatoms. The number of aromatic amines is 1. The summed E-state index contributed by atoms with van der Waals surface area (Å²) in [5.74, 6) is 0. The molecule has 0 unspecified atom stereocenters. The Kier molecular flexibility index (Phi) is 4.50. The Morgan fingerprint density at radius 3 is 2.29 bits per heavy atom. The van der Waals surface area contributed by atoms with E-state index in [1.54, 1.807) is 0 Å². The molecular formula is C19H15N3OS. The molecule has 1 heterocycles. The first-order chi connectivity index (χ1) is 11.7. The first-order valence-corrected chi connectivity index (χ1v) is 8.62. The first-order valence-electron chi connectivity index (χ1n) is 7.39. The number of nitrogens with zero attached hydrogens (tertiary/aromatic N) is 2. The van der Waals surface area contributed by atoms with E-state index in [1.165, 1.54) is 11.8 Å². The molecule has 0 aliphatic rings. The topological polar surface area (TPSA) is 69.5 Å². The fourth-order valence-electron chi connectivity index (χ4n) is 2.65. The number of hydrogen-bond donors (Lipinski definition) is 1. The second-order valence-corrected chi connectivity index (χ2v) is 6.07. The van der Waals surface area contributed by atoms with Crippen LogP contribution in [0.1, 0.15) is 11.1 Å². The molecule has 0 radical (unpaired) electrons. The Morgan fingerprint density at radius 2 is 1.67 bits per heavy atom. The molecule has 0 fully saturated rings. The molecule has 0 bridgehead atoms. The van der Waals surface area contributed by atoms with Gasteiger partial charge in [0.2, 0.25) is 0 Å². The van der Waals surface area contributed by atoms with Crippen LogP contribution in [-0.2, 0) is 0 Å². The van der Waals surface area contributed by atoms with Gasteiger partial charge in [-0.05, 0) is 29.9 Å². The summed E-state index contributed by atoms with van der Waals surface area (Å²) < 4.78 is 0. The monoisotopic (exact) mass is 333 g/mol. The predicted octanol–water partition coefficient (Wildman–Crippen LogP) is 4.01. The number of benzene rings is 2. The van der Waals surface area contributed by atoms with Crippen molar-refractivity contribution in [2.24, 2.45) is 0 Å². The number of hydrogen-bond acceptors (Lipinski definition) is 4. The zero-order chi connectivity index (χ0) is 17.1. The van der Waals surface area contributed by atoms with Crippen molar-refractivity contribution in [2.75, 3.05) is 6.26 Å². The van der Waals surface area contributed by atoms with Gasteiger partial charge < -0.3 is 4.98 Å². The summed E-state index contributed by atoms with van der Waals surface area (Å²) >= 11 is 1.34. The third-order valence-electron chi connectivity index (χ3n) is 3.82. The van der Waals surface area contributed by atoms with E-state index in [2.05, 4.69) is 9.97 Å². The highest BCUT2D eigenvalue weighted by atomic mass is 32.2. The molecule has 0 aliphatic carbocycles. The quantitative estimate of drug-likeness (QED) is 0.581. The maximum atomic E-state index is 12.2. The minimum absolute atomic E-state index is 0.0360. The van der Waals surface area contributed by atoms with Gasteiger partial charge in [0, 0.05) is 5.56 Å². The van der Waals surface area contributed by atoms with Gasteiger partial charge in [0.05, 0.1) is 5.69 Å². The Bertz CT molecular complexity index is 1000. The fraction of sp³-hybridized carbons (Fsp3) is 0.105. The highest BCUT2D eigenvalue weighted by molar-refractivity contribution is 7.98. The minimum atomic E-state index is -0.411. The number of thioether (sulfide) groups is 1. The lowest BCUT2D eigenvalue weighted by Crippen LogP contribution is -2.14. The maximum absolute atomic E-state index is 12.2. The van der Waals surface area contributed by atoms with Crippen LogP contribution < -0.4 is 5.56 Å². The van der Waals surface area contributed by atoms with Gasteiger partial charge in [-0.1, -0.05) is 60.3 Å². The van der Waals surface area contributed by atoms with Crippen molar-refractivity contribution in [3.63, 3.8) is 0 Å². The van der Waals surface area contributed by atoms with E-state index in [0.717, 1.165) is 22.3 Å². The number of H-pyrrole nitrogens is 1. The van der Waals surface area contributed by atoms with Gasteiger partial charge in [-0.25, -0.2) is 4.98 Å². The lowest BCUT2D eigenvalue weighted by Gasteiger charge is -2.13. The smallest absolute Gasteiger partial charge is 0.270 e. The highest BCUT2D eigenvalue weighted by Gasteiger charge is 2.17. The largest absolute Gasteiger partial charge is 0.300 e. The second kappa shape index (κ2) is 6.73. The third kappa shape index (κ3) is 2.84. The Hall–Kier alpha value is -2.84. The van der Waals surface area contributed by atoms with E-state index in [0.29, 0.717) is 10.9 Å². The number of aryl methyl sites for hydroxylation is 1. The van der Waals surface area contributed by atoms with Gasteiger partial charge in [0.1, 0.15) is 11.6 Å². The Morgan fingerprint density at radius 1 is 1.04 bits per heavy atom. The van der Waals surface area contributed by atoms with Crippen molar-refractivity contribution in [2.45, 2.75) is 12.1 Å². The molecular weight excluding hydrogens is 318 g/mol. The van der Waals surface area contributed by atoms with Crippen LogP contribution in [0.4, 0.5) is 0 Å². The zero-order valence-corrected chi connectivity index (χ0v) is 14.1. The van der Waals surface area contributed by atoms with Gasteiger partial charge in [0.15, 0.2) is 5.16 Å². The molecule has 0 saturated heterocycles. The van der Waals surface area contributed by atoms with Gasteiger partial charge >= 0.3 is 0 Å².